The van der Waals surface area contributed by atoms with E-state index in [-0.39, 0.29) is 36.7 Å². The molecule has 0 bridgehead atoms. The first kappa shape index (κ1) is 25.9. The lowest BCUT2D eigenvalue weighted by atomic mass is 10.1. The summed E-state index contributed by atoms with van der Waals surface area (Å²) in [5.74, 6) is 2.98. The number of hydrogen-bond donors (Lipinski definition) is 1. The molecule has 1 aromatic carbocycles. The molecule has 0 spiro atoms. The predicted octanol–water partition coefficient (Wildman–Crippen LogP) is 3.93. The molecule has 1 N–H and O–H groups in total. The summed E-state index contributed by atoms with van der Waals surface area (Å²) in [5.41, 5.74) is -0.501. The summed E-state index contributed by atoms with van der Waals surface area (Å²) in [7, 11) is 0. The number of carboxylic acid groups (broad SMARTS) is 1. The molecule has 1 saturated heterocycles. The van der Waals surface area contributed by atoms with E-state index in [9.17, 15) is 18.4 Å². The number of morpholine rings is 1. The maximum absolute atomic E-state index is 14.6. The molecule has 0 radical (unpaired) electrons. The zero-order valence-corrected chi connectivity index (χ0v) is 19.9. The van der Waals surface area contributed by atoms with Crippen LogP contribution in [-0.4, -0.2) is 58.5 Å². The van der Waals surface area contributed by atoms with Crippen LogP contribution < -0.4 is 4.74 Å². The first-order valence-corrected chi connectivity index (χ1v) is 10.9. The molecular weight excluding hydrogens is 462 g/mol. The number of hydrogen-bond acceptors (Lipinski definition) is 6. The highest BCUT2D eigenvalue weighted by molar-refractivity contribution is 5.89. The summed E-state index contributed by atoms with van der Waals surface area (Å²) in [6.45, 7) is 6.75. The van der Waals surface area contributed by atoms with Gasteiger partial charge in [0.05, 0.1) is 29.8 Å². The van der Waals surface area contributed by atoms with Crippen LogP contribution >= 0.6 is 0 Å². The van der Waals surface area contributed by atoms with E-state index in [0.29, 0.717) is 11.3 Å². The SMILES string of the molecule is Cc1ccc(C#CC2CN(C(=O)O)CCO2)c(OCc2c(F)cc(C(=O)OC(C)(C)C)cc2F)n1. The molecular formula is C25H26F2N2O6. The van der Waals surface area contributed by atoms with Gasteiger partial charge in [-0.05, 0) is 52.0 Å². The Balaban J connectivity index is 1.77. The number of carbonyl (C=O) groups excluding carboxylic acids is 1. The molecule has 2 heterocycles. The summed E-state index contributed by atoms with van der Waals surface area (Å²) in [6.07, 6.45) is -1.69. The van der Waals surface area contributed by atoms with Crippen molar-refractivity contribution in [2.24, 2.45) is 0 Å². The number of esters is 1. The molecule has 186 valence electrons. The Kier molecular flexibility index (Phi) is 7.92. The molecule has 1 amide bonds. The third kappa shape index (κ3) is 7.13. The standard InChI is InChI=1S/C25H26F2N2O6/c1-15-5-6-16(7-8-18-13-29(24(31)32)9-10-33-18)22(28-15)34-14-19-20(26)11-17(12-21(19)27)23(30)35-25(2,3)4/h5-6,11-12,18H,9-10,13-14H2,1-4H3,(H,31,32). The maximum Gasteiger partial charge on any atom is 0.407 e. The van der Waals surface area contributed by atoms with Gasteiger partial charge in [-0.1, -0.05) is 11.8 Å². The van der Waals surface area contributed by atoms with Gasteiger partial charge in [0.25, 0.3) is 0 Å². The van der Waals surface area contributed by atoms with E-state index < -0.39 is 42.0 Å². The average Bonchev–Trinajstić information content (AvgIpc) is 2.76. The van der Waals surface area contributed by atoms with Crippen molar-refractivity contribution >= 4 is 12.1 Å². The average molecular weight is 488 g/mol. The number of amides is 1. The molecule has 3 rings (SSSR count). The maximum atomic E-state index is 14.6. The lowest BCUT2D eigenvalue weighted by molar-refractivity contribution is 0.00655. The number of pyridine rings is 1. The Hall–Kier alpha value is -3.71. The van der Waals surface area contributed by atoms with Crippen LogP contribution in [0, 0.1) is 30.4 Å². The van der Waals surface area contributed by atoms with Crippen molar-refractivity contribution in [3.8, 4) is 17.7 Å². The van der Waals surface area contributed by atoms with Crippen molar-refractivity contribution in [2.75, 3.05) is 19.7 Å². The van der Waals surface area contributed by atoms with Crippen molar-refractivity contribution in [1.29, 1.82) is 0 Å². The normalized spacial score (nSPS) is 15.7. The second kappa shape index (κ2) is 10.7. The van der Waals surface area contributed by atoms with Gasteiger partial charge in [-0.25, -0.2) is 23.4 Å². The first-order chi connectivity index (χ1) is 16.4. The van der Waals surface area contributed by atoms with Crippen molar-refractivity contribution < 1.29 is 37.7 Å². The van der Waals surface area contributed by atoms with Gasteiger partial charge in [0.15, 0.2) is 0 Å². The molecule has 1 fully saturated rings. The third-order valence-corrected chi connectivity index (χ3v) is 4.83. The number of rotatable bonds is 4. The Labute approximate surface area is 201 Å². The lowest BCUT2D eigenvalue weighted by Gasteiger charge is -2.28. The molecule has 0 aliphatic carbocycles. The van der Waals surface area contributed by atoms with Crippen LogP contribution in [0.25, 0.3) is 0 Å². The molecule has 2 aromatic rings. The zero-order valence-electron chi connectivity index (χ0n) is 19.9. The fourth-order valence-corrected chi connectivity index (χ4v) is 3.14. The molecule has 1 aromatic heterocycles. The molecule has 8 nitrogen and oxygen atoms in total. The third-order valence-electron chi connectivity index (χ3n) is 4.83. The Morgan fingerprint density at radius 3 is 2.57 bits per heavy atom. The monoisotopic (exact) mass is 488 g/mol. The number of aromatic nitrogens is 1. The molecule has 1 aliphatic rings. The number of benzene rings is 1. The highest BCUT2D eigenvalue weighted by atomic mass is 19.1. The number of carbonyl (C=O) groups is 2. The summed E-state index contributed by atoms with van der Waals surface area (Å²) >= 11 is 0. The van der Waals surface area contributed by atoms with Crippen molar-refractivity contribution in [3.63, 3.8) is 0 Å². The Morgan fingerprint density at radius 1 is 1.26 bits per heavy atom. The number of nitrogens with zero attached hydrogens (tertiary/aromatic N) is 2. The number of ether oxygens (including phenoxy) is 3. The highest BCUT2D eigenvalue weighted by Gasteiger charge is 2.23. The topological polar surface area (TPSA) is 98.2 Å². The minimum atomic E-state index is -1.05. The van der Waals surface area contributed by atoms with E-state index in [1.54, 1.807) is 39.8 Å². The fraction of sp³-hybridized carbons (Fsp3) is 0.400. The van der Waals surface area contributed by atoms with Crippen LogP contribution in [0.5, 0.6) is 5.88 Å². The quantitative estimate of drug-likeness (QED) is 0.514. The van der Waals surface area contributed by atoms with Crippen LogP contribution in [0.2, 0.25) is 0 Å². The highest BCUT2D eigenvalue weighted by Crippen LogP contribution is 2.22. The van der Waals surface area contributed by atoms with Crippen molar-refractivity contribution in [1.82, 2.24) is 9.88 Å². The molecule has 1 aliphatic heterocycles. The first-order valence-electron chi connectivity index (χ1n) is 10.9. The van der Waals surface area contributed by atoms with E-state index in [2.05, 4.69) is 16.8 Å². The fourth-order valence-electron chi connectivity index (χ4n) is 3.14. The Bertz CT molecular complexity index is 1160. The van der Waals surface area contributed by atoms with Gasteiger partial charge in [-0.2, -0.15) is 0 Å². The van der Waals surface area contributed by atoms with Crippen molar-refractivity contribution in [2.45, 2.75) is 46.0 Å². The number of aryl methyl sites for hydroxylation is 1. The summed E-state index contributed by atoms with van der Waals surface area (Å²) < 4.78 is 45.5. The van der Waals surface area contributed by atoms with Gasteiger partial charge in [-0.3, -0.25) is 0 Å². The van der Waals surface area contributed by atoms with Gasteiger partial charge >= 0.3 is 12.1 Å². The van der Waals surface area contributed by atoms with Gasteiger partial charge in [0.1, 0.15) is 29.9 Å². The van der Waals surface area contributed by atoms with Crippen LogP contribution in [-0.2, 0) is 16.1 Å². The van der Waals surface area contributed by atoms with Crippen LogP contribution in [0.4, 0.5) is 13.6 Å². The predicted molar refractivity (Wildman–Crippen MR) is 121 cm³/mol. The summed E-state index contributed by atoms with van der Waals surface area (Å²) in [5, 5.41) is 9.14. The summed E-state index contributed by atoms with van der Waals surface area (Å²) in [6, 6.07) is 5.13. The molecule has 0 saturated carbocycles. The second-order valence-electron chi connectivity index (χ2n) is 8.87. The Morgan fingerprint density at radius 2 is 1.94 bits per heavy atom. The van der Waals surface area contributed by atoms with Crippen LogP contribution in [0.3, 0.4) is 0 Å². The van der Waals surface area contributed by atoms with E-state index in [1.165, 1.54) is 4.90 Å². The van der Waals surface area contributed by atoms with Crippen LogP contribution in [0.1, 0.15) is 48.0 Å². The van der Waals surface area contributed by atoms with Gasteiger partial charge < -0.3 is 24.2 Å². The molecule has 1 unspecified atom stereocenters. The smallest absolute Gasteiger partial charge is 0.407 e. The molecule has 1 atom stereocenters. The second-order valence-corrected chi connectivity index (χ2v) is 8.87. The number of halogens is 2. The van der Waals surface area contributed by atoms with E-state index in [1.807, 2.05) is 0 Å². The zero-order chi connectivity index (χ0) is 25.8. The van der Waals surface area contributed by atoms with Crippen LogP contribution in [0.15, 0.2) is 24.3 Å². The van der Waals surface area contributed by atoms with E-state index in [0.717, 1.165) is 12.1 Å². The largest absolute Gasteiger partial charge is 0.472 e. The van der Waals surface area contributed by atoms with E-state index >= 15 is 0 Å². The minimum Gasteiger partial charge on any atom is -0.472 e. The van der Waals surface area contributed by atoms with E-state index in [4.69, 9.17) is 19.3 Å². The molecule has 10 heteroatoms. The van der Waals surface area contributed by atoms with Gasteiger partial charge in [0.2, 0.25) is 5.88 Å². The van der Waals surface area contributed by atoms with Gasteiger partial charge in [-0.15, -0.1) is 0 Å². The summed E-state index contributed by atoms with van der Waals surface area (Å²) in [4.78, 5) is 28.8. The minimum absolute atomic E-state index is 0.0541. The van der Waals surface area contributed by atoms with Crippen molar-refractivity contribution in [3.05, 3.63) is 58.3 Å². The molecule has 35 heavy (non-hydrogen) atoms. The van der Waals surface area contributed by atoms with Gasteiger partial charge in [0, 0.05) is 12.2 Å². The lowest BCUT2D eigenvalue weighted by Crippen LogP contribution is -2.44.